The number of halogens is 1. The van der Waals surface area contributed by atoms with E-state index >= 15 is 0 Å². The Hall–Kier alpha value is -2.05. The molecule has 6 heteroatoms. The molecule has 0 aliphatic carbocycles. The molecule has 0 fully saturated rings. The van der Waals surface area contributed by atoms with Crippen LogP contribution < -0.4 is 20.9 Å². The first-order valence-corrected chi connectivity index (χ1v) is 8.29. The summed E-state index contributed by atoms with van der Waals surface area (Å²) in [6.45, 7) is 6.57. The molecule has 0 radical (unpaired) electrons. The van der Waals surface area contributed by atoms with E-state index in [2.05, 4.69) is 38.7 Å². The molecule has 0 bridgehead atoms. The normalized spacial score (nSPS) is 9.83. The number of hydrazine groups is 1. The molecule has 0 heterocycles. The van der Waals surface area contributed by atoms with Gasteiger partial charge in [0.05, 0.1) is 12.3 Å². The van der Waals surface area contributed by atoms with Crippen molar-refractivity contribution in [3.05, 3.63) is 65.1 Å². The van der Waals surface area contributed by atoms with Gasteiger partial charge in [-0.25, -0.2) is 0 Å². The van der Waals surface area contributed by atoms with Gasteiger partial charge in [-0.1, -0.05) is 34.6 Å². The van der Waals surface area contributed by atoms with Gasteiger partial charge < -0.3 is 10.1 Å². The Morgan fingerprint density at radius 2 is 1.74 bits per heavy atom. The lowest BCUT2D eigenvalue weighted by Gasteiger charge is -2.14. The minimum absolute atomic E-state index is 0.451. The van der Waals surface area contributed by atoms with Crippen molar-refractivity contribution in [2.75, 3.05) is 11.9 Å². The van der Waals surface area contributed by atoms with Gasteiger partial charge in [-0.15, -0.1) is 0 Å². The van der Waals surface area contributed by atoms with Gasteiger partial charge in [-0.3, -0.25) is 10.9 Å². The van der Waals surface area contributed by atoms with Crippen LogP contribution in [0.5, 0.6) is 5.75 Å². The van der Waals surface area contributed by atoms with Gasteiger partial charge in [-0.2, -0.15) is 0 Å². The fourth-order valence-electron chi connectivity index (χ4n) is 1.82. The van der Waals surface area contributed by atoms with Crippen LogP contribution in [0, 0.1) is 0 Å². The summed E-state index contributed by atoms with van der Waals surface area (Å²) in [5.74, 6) is 0.832. The lowest BCUT2D eigenvalue weighted by atomic mass is 10.2. The SMILES string of the molecule is C=C(NNC(=S)Nc1ccc(OCC)cc1)c1ccc(Br)cc1. The molecule has 0 aromatic heterocycles. The zero-order chi connectivity index (χ0) is 16.7. The Labute approximate surface area is 150 Å². The van der Waals surface area contributed by atoms with Gasteiger partial charge in [0.25, 0.3) is 0 Å². The van der Waals surface area contributed by atoms with Crippen molar-refractivity contribution >= 4 is 44.6 Å². The molecule has 0 unspecified atom stereocenters. The Bertz CT molecular complexity index is 671. The summed E-state index contributed by atoms with van der Waals surface area (Å²) < 4.78 is 6.42. The molecule has 0 amide bonds. The van der Waals surface area contributed by atoms with E-state index in [4.69, 9.17) is 17.0 Å². The molecule has 0 aliphatic heterocycles. The van der Waals surface area contributed by atoms with Gasteiger partial charge in [0.15, 0.2) is 5.11 Å². The third-order valence-electron chi connectivity index (χ3n) is 2.94. The summed E-state index contributed by atoms with van der Waals surface area (Å²) in [5, 5.41) is 3.53. The van der Waals surface area contributed by atoms with Gasteiger partial charge in [-0.05, 0) is 61.1 Å². The molecular formula is C17H18BrN3OS. The van der Waals surface area contributed by atoms with Crippen molar-refractivity contribution in [3.63, 3.8) is 0 Å². The van der Waals surface area contributed by atoms with E-state index in [-0.39, 0.29) is 0 Å². The van der Waals surface area contributed by atoms with E-state index in [1.54, 1.807) is 0 Å². The molecule has 2 aromatic rings. The molecule has 120 valence electrons. The number of nitrogens with one attached hydrogen (secondary N) is 3. The summed E-state index contributed by atoms with van der Waals surface area (Å²) in [6.07, 6.45) is 0. The van der Waals surface area contributed by atoms with E-state index in [1.807, 2.05) is 55.5 Å². The van der Waals surface area contributed by atoms with Crippen LogP contribution in [0.2, 0.25) is 0 Å². The number of hydrogen-bond donors (Lipinski definition) is 3. The molecule has 2 rings (SSSR count). The molecule has 0 aliphatic rings. The third-order valence-corrected chi connectivity index (χ3v) is 3.68. The highest BCUT2D eigenvalue weighted by molar-refractivity contribution is 9.10. The second kappa shape index (κ2) is 8.55. The predicted octanol–water partition coefficient (Wildman–Crippen LogP) is 4.31. The van der Waals surface area contributed by atoms with Gasteiger partial charge >= 0.3 is 0 Å². The highest BCUT2D eigenvalue weighted by Crippen LogP contribution is 2.16. The van der Waals surface area contributed by atoms with Gasteiger partial charge in [0.2, 0.25) is 0 Å². The highest BCUT2D eigenvalue weighted by Gasteiger charge is 2.01. The van der Waals surface area contributed by atoms with Gasteiger partial charge in [0, 0.05) is 10.2 Å². The van der Waals surface area contributed by atoms with E-state index in [0.717, 1.165) is 27.2 Å². The molecule has 0 saturated carbocycles. The standard InChI is InChI=1S/C17H18BrN3OS/c1-3-22-16-10-8-15(9-11-16)19-17(23)21-20-12(2)13-4-6-14(18)7-5-13/h4-11,20H,2-3H2,1H3,(H2,19,21,23). The number of ether oxygens (including phenoxy) is 1. The Balaban J connectivity index is 1.82. The maximum atomic E-state index is 5.40. The third kappa shape index (κ3) is 5.58. The first-order valence-electron chi connectivity index (χ1n) is 7.09. The molecule has 23 heavy (non-hydrogen) atoms. The minimum Gasteiger partial charge on any atom is -0.494 e. The molecular weight excluding hydrogens is 374 g/mol. The first-order chi connectivity index (χ1) is 11.1. The summed E-state index contributed by atoms with van der Waals surface area (Å²) >= 11 is 8.65. The quantitative estimate of drug-likeness (QED) is 0.505. The largest absolute Gasteiger partial charge is 0.494 e. The summed E-state index contributed by atoms with van der Waals surface area (Å²) in [5.41, 5.74) is 8.48. The average Bonchev–Trinajstić information content (AvgIpc) is 2.55. The Morgan fingerprint density at radius 3 is 2.35 bits per heavy atom. The highest BCUT2D eigenvalue weighted by atomic mass is 79.9. The molecule has 0 spiro atoms. The smallest absolute Gasteiger partial charge is 0.189 e. The van der Waals surface area contributed by atoms with Crippen LogP contribution in [-0.2, 0) is 0 Å². The summed E-state index contributed by atoms with van der Waals surface area (Å²) in [6, 6.07) is 15.4. The Kier molecular flexibility index (Phi) is 6.43. The van der Waals surface area contributed by atoms with E-state index in [0.29, 0.717) is 11.7 Å². The molecule has 0 saturated heterocycles. The van der Waals surface area contributed by atoms with E-state index < -0.39 is 0 Å². The van der Waals surface area contributed by atoms with Crippen LogP contribution in [0.15, 0.2) is 59.6 Å². The van der Waals surface area contributed by atoms with Gasteiger partial charge in [0.1, 0.15) is 5.75 Å². The number of anilines is 1. The van der Waals surface area contributed by atoms with Crippen molar-refractivity contribution in [1.29, 1.82) is 0 Å². The molecule has 4 nitrogen and oxygen atoms in total. The maximum absolute atomic E-state index is 5.40. The lowest BCUT2D eigenvalue weighted by molar-refractivity contribution is 0.340. The average molecular weight is 392 g/mol. The number of hydrogen-bond acceptors (Lipinski definition) is 3. The zero-order valence-corrected chi connectivity index (χ0v) is 15.1. The number of benzene rings is 2. The maximum Gasteiger partial charge on any atom is 0.189 e. The zero-order valence-electron chi connectivity index (χ0n) is 12.7. The second-order valence-corrected chi connectivity index (χ2v) is 5.97. The first kappa shape index (κ1) is 17.3. The van der Waals surface area contributed by atoms with E-state index in [9.17, 15) is 0 Å². The van der Waals surface area contributed by atoms with Crippen molar-refractivity contribution in [2.24, 2.45) is 0 Å². The topological polar surface area (TPSA) is 45.3 Å². The van der Waals surface area contributed by atoms with Crippen LogP contribution in [0.1, 0.15) is 12.5 Å². The number of thiocarbonyl (C=S) groups is 1. The second-order valence-electron chi connectivity index (χ2n) is 4.65. The number of rotatable bonds is 6. The van der Waals surface area contributed by atoms with Crippen LogP contribution >= 0.6 is 28.1 Å². The molecule has 0 atom stereocenters. The van der Waals surface area contributed by atoms with Crippen molar-refractivity contribution in [3.8, 4) is 5.75 Å². The summed E-state index contributed by atoms with van der Waals surface area (Å²) in [4.78, 5) is 0. The fourth-order valence-corrected chi connectivity index (χ4v) is 2.25. The minimum atomic E-state index is 0.451. The predicted molar refractivity (Wildman–Crippen MR) is 103 cm³/mol. The van der Waals surface area contributed by atoms with Crippen LogP contribution in [0.4, 0.5) is 5.69 Å². The van der Waals surface area contributed by atoms with Crippen molar-refractivity contribution < 1.29 is 4.74 Å². The molecule has 2 aromatic carbocycles. The Morgan fingerprint density at radius 1 is 1.09 bits per heavy atom. The van der Waals surface area contributed by atoms with E-state index in [1.165, 1.54) is 0 Å². The van der Waals surface area contributed by atoms with Crippen molar-refractivity contribution in [1.82, 2.24) is 10.9 Å². The van der Waals surface area contributed by atoms with Crippen LogP contribution in [0.3, 0.4) is 0 Å². The van der Waals surface area contributed by atoms with Crippen LogP contribution in [0.25, 0.3) is 5.70 Å². The fraction of sp³-hybridized carbons (Fsp3) is 0.118. The molecule has 3 N–H and O–H groups in total. The van der Waals surface area contributed by atoms with Crippen LogP contribution in [-0.4, -0.2) is 11.7 Å². The summed E-state index contributed by atoms with van der Waals surface area (Å²) in [7, 11) is 0. The van der Waals surface area contributed by atoms with Crippen molar-refractivity contribution in [2.45, 2.75) is 6.92 Å². The lowest BCUT2D eigenvalue weighted by Crippen LogP contribution is -2.38. The monoisotopic (exact) mass is 391 g/mol.